The van der Waals surface area contributed by atoms with E-state index in [4.69, 9.17) is 0 Å². The second-order valence-electron chi connectivity index (χ2n) is 8.55. The van der Waals surface area contributed by atoms with E-state index in [2.05, 4.69) is 28.8 Å². The largest absolute Gasteiger partial charge is 0.507 e. The van der Waals surface area contributed by atoms with E-state index >= 15 is 0 Å². The summed E-state index contributed by atoms with van der Waals surface area (Å²) in [4.78, 5) is 34.4. The van der Waals surface area contributed by atoms with Crippen LogP contribution in [0.3, 0.4) is 0 Å². The number of hydrogen-bond donors (Lipinski definition) is 1. The fourth-order valence-electron chi connectivity index (χ4n) is 4.62. The van der Waals surface area contributed by atoms with Gasteiger partial charge in [-0.25, -0.2) is 4.68 Å². The van der Waals surface area contributed by atoms with Gasteiger partial charge >= 0.3 is 0 Å². The van der Waals surface area contributed by atoms with Gasteiger partial charge in [0, 0.05) is 18.9 Å². The van der Waals surface area contributed by atoms with E-state index in [0.29, 0.717) is 23.4 Å². The van der Waals surface area contributed by atoms with Crippen molar-refractivity contribution in [2.24, 2.45) is 0 Å². The van der Waals surface area contributed by atoms with Crippen molar-refractivity contribution in [3.05, 3.63) is 83.4 Å². The van der Waals surface area contributed by atoms with Crippen molar-refractivity contribution in [3.63, 3.8) is 0 Å². The number of carbonyl (C=O) groups is 2. The van der Waals surface area contributed by atoms with Gasteiger partial charge < -0.3 is 14.9 Å². The number of aliphatic hydroxyl groups is 1. The van der Waals surface area contributed by atoms with Gasteiger partial charge in [0.25, 0.3) is 11.7 Å². The summed E-state index contributed by atoms with van der Waals surface area (Å²) in [6.07, 6.45) is 5.54. The van der Waals surface area contributed by atoms with E-state index in [0.717, 1.165) is 31.7 Å². The molecule has 4 rings (SSSR count). The molecule has 0 saturated carbocycles. The van der Waals surface area contributed by atoms with Crippen LogP contribution in [0.4, 0.5) is 0 Å². The van der Waals surface area contributed by atoms with Gasteiger partial charge in [0.2, 0.25) is 0 Å². The van der Waals surface area contributed by atoms with Crippen molar-refractivity contribution in [2.75, 3.05) is 26.2 Å². The van der Waals surface area contributed by atoms with Crippen LogP contribution in [-0.2, 0) is 9.59 Å². The van der Waals surface area contributed by atoms with Crippen molar-refractivity contribution < 1.29 is 14.7 Å². The summed E-state index contributed by atoms with van der Waals surface area (Å²) < 4.78 is 1.70. The fourth-order valence-corrected chi connectivity index (χ4v) is 4.62. The molecular formula is C27H31N5O3. The second kappa shape index (κ2) is 10.7. The highest BCUT2D eigenvalue weighted by Gasteiger charge is 2.46. The molecule has 2 aromatic heterocycles. The number of carbonyl (C=O) groups excluding carboxylic acids is 2. The van der Waals surface area contributed by atoms with Gasteiger partial charge in [0.15, 0.2) is 0 Å². The predicted octanol–water partition coefficient (Wildman–Crippen LogP) is 3.73. The molecule has 1 N–H and O–H groups in total. The van der Waals surface area contributed by atoms with Gasteiger partial charge in [-0.05, 0) is 56.7 Å². The minimum absolute atomic E-state index is 0.0709. The van der Waals surface area contributed by atoms with E-state index in [9.17, 15) is 14.7 Å². The lowest BCUT2D eigenvalue weighted by Crippen LogP contribution is -2.33. The summed E-state index contributed by atoms with van der Waals surface area (Å²) in [5.74, 6) is -1.51. The molecule has 3 aromatic rings. The van der Waals surface area contributed by atoms with Crippen LogP contribution in [0.25, 0.3) is 11.4 Å². The van der Waals surface area contributed by atoms with Crippen molar-refractivity contribution in [1.29, 1.82) is 0 Å². The standard InChI is InChI=1S/C27H31N5O3/c1-4-30(5-2)15-10-16-31-24(20-11-9-14-28-17-20)23(26(34)27(31)35)25(33)22-18-29-32(19(22)3)21-12-7-6-8-13-21/h6-9,11-14,17-18,24,33H,4-5,10,15-16H2,1-3H3. The number of benzene rings is 1. The second-order valence-corrected chi connectivity index (χ2v) is 8.55. The molecule has 1 atom stereocenters. The lowest BCUT2D eigenvalue weighted by molar-refractivity contribution is -0.140. The Labute approximate surface area is 205 Å². The Morgan fingerprint density at radius 3 is 2.46 bits per heavy atom. The van der Waals surface area contributed by atoms with E-state index < -0.39 is 17.7 Å². The smallest absolute Gasteiger partial charge is 0.295 e. The van der Waals surface area contributed by atoms with Crippen molar-refractivity contribution >= 4 is 17.4 Å². The molecule has 1 unspecified atom stereocenters. The third kappa shape index (κ3) is 4.74. The van der Waals surface area contributed by atoms with Crippen LogP contribution in [-0.4, -0.2) is 67.5 Å². The fraction of sp³-hybridized carbons (Fsp3) is 0.333. The number of likely N-dealkylation sites (tertiary alicyclic amines) is 1. The molecule has 1 fully saturated rings. The minimum Gasteiger partial charge on any atom is -0.507 e. The molecule has 3 heterocycles. The molecule has 182 valence electrons. The zero-order valence-electron chi connectivity index (χ0n) is 20.4. The normalized spacial score (nSPS) is 17.5. The van der Waals surface area contributed by atoms with Gasteiger partial charge in [-0.3, -0.25) is 14.6 Å². The molecule has 0 bridgehead atoms. The quantitative estimate of drug-likeness (QED) is 0.289. The van der Waals surface area contributed by atoms with Crippen LogP contribution < -0.4 is 0 Å². The molecule has 35 heavy (non-hydrogen) atoms. The van der Waals surface area contributed by atoms with E-state index in [1.807, 2.05) is 43.3 Å². The Morgan fingerprint density at radius 1 is 1.06 bits per heavy atom. The number of ketones is 1. The van der Waals surface area contributed by atoms with Gasteiger partial charge in [-0.15, -0.1) is 0 Å². The number of rotatable bonds is 9. The summed E-state index contributed by atoms with van der Waals surface area (Å²) in [6.45, 7) is 9.09. The molecule has 1 aromatic carbocycles. The van der Waals surface area contributed by atoms with Crippen molar-refractivity contribution in [1.82, 2.24) is 24.6 Å². The van der Waals surface area contributed by atoms with Crippen molar-refractivity contribution in [2.45, 2.75) is 33.2 Å². The Hall–Kier alpha value is -3.78. The first kappa shape index (κ1) is 24.3. The molecule has 1 amide bonds. The summed E-state index contributed by atoms with van der Waals surface area (Å²) in [6, 6.07) is 12.4. The SMILES string of the molecule is CCN(CC)CCCN1C(=O)C(=O)C(=C(O)c2cnn(-c3ccccc3)c2C)C1c1cccnc1. The number of aliphatic hydroxyl groups excluding tert-OH is 1. The molecule has 0 spiro atoms. The maximum absolute atomic E-state index is 13.2. The Kier molecular flexibility index (Phi) is 7.41. The predicted molar refractivity (Wildman–Crippen MR) is 134 cm³/mol. The molecule has 1 aliphatic rings. The number of Topliss-reactive ketones (excluding diaryl/α,β-unsaturated/α-hetero) is 1. The molecular weight excluding hydrogens is 442 g/mol. The van der Waals surface area contributed by atoms with E-state index in [1.54, 1.807) is 28.0 Å². The van der Waals surface area contributed by atoms with Crippen LogP contribution in [0.1, 0.15) is 43.1 Å². The topological polar surface area (TPSA) is 91.6 Å². The molecule has 0 radical (unpaired) electrons. The highest BCUT2D eigenvalue weighted by Crippen LogP contribution is 2.39. The Bertz CT molecular complexity index is 1220. The molecule has 0 aliphatic carbocycles. The minimum atomic E-state index is -0.708. The van der Waals surface area contributed by atoms with Gasteiger partial charge in [0.05, 0.1) is 34.8 Å². The monoisotopic (exact) mass is 473 g/mol. The first-order valence-electron chi connectivity index (χ1n) is 12.0. The first-order chi connectivity index (χ1) is 17.0. The summed E-state index contributed by atoms with van der Waals surface area (Å²) >= 11 is 0. The summed E-state index contributed by atoms with van der Waals surface area (Å²) in [5.41, 5.74) is 2.69. The average Bonchev–Trinajstić information content (AvgIpc) is 3.40. The highest BCUT2D eigenvalue weighted by atomic mass is 16.3. The van der Waals surface area contributed by atoms with Gasteiger partial charge in [-0.1, -0.05) is 38.1 Å². The van der Waals surface area contributed by atoms with E-state index in [1.165, 1.54) is 6.20 Å². The van der Waals surface area contributed by atoms with Crippen LogP contribution in [0.2, 0.25) is 0 Å². The number of pyridine rings is 1. The van der Waals surface area contributed by atoms with Crippen molar-refractivity contribution in [3.8, 4) is 5.69 Å². The highest BCUT2D eigenvalue weighted by molar-refractivity contribution is 6.46. The average molecular weight is 474 g/mol. The summed E-state index contributed by atoms with van der Waals surface area (Å²) in [5, 5.41) is 15.8. The molecule has 1 aliphatic heterocycles. The number of para-hydroxylation sites is 1. The lowest BCUT2D eigenvalue weighted by Gasteiger charge is -2.26. The maximum Gasteiger partial charge on any atom is 0.295 e. The third-order valence-electron chi connectivity index (χ3n) is 6.57. The zero-order valence-corrected chi connectivity index (χ0v) is 20.4. The molecule has 8 nitrogen and oxygen atoms in total. The van der Waals surface area contributed by atoms with Crippen LogP contribution in [0, 0.1) is 6.92 Å². The maximum atomic E-state index is 13.2. The molecule has 8 heteroatoms. The Morgan fingerprint density at radius 2 is 1.80 bits per heavy atom. The Balaban J connectivity index is 1.74. The van der Waals surface area contributed by atoms with Gasteiger partial charge in [-0.2, -0.15) is 5.10 Å². The van der Waals surface area contributed by atoms with Crippen LogP contribution >= 0.6 is 0 Å². The van der Waals surface area contributed by atoms with E-state index in [-0.39, 0.29) is 11.3 Å². The number of amides is 1. The zero-order chi connectivity index (χ0) is 24.9. The first-order valence-corrected chi connectivity index (χ1v) is 12.0. The van der Waals surface area contributed by atoms with Crippen LogP contribution in [0.15, 0.2) is 66.6 Å². The number of hydrogen-bond acceptors (Lipinski definition) is 6. The third-order valence-corrected chi connectivity index (χ3v) is 6.57. The van der Waals surface area contributed by atoms with Gasteiger partial charge in [0.1, 0.15) is 5.76 Å². The lowest BCUT2D eigenvalue weighted by atomic mass is 9.96. The molecule has 1 saturated heterocycles. The summed E-state index contributed by atoms with van der Waals surface area (Å²) in [7, 11) is 0. The van der Waals surface area contributed by atoms with Crippen LogP contribution in [0.5, 0.6) is 0 Å². The number of nitrogens with zero attached hydrogens (tertiary/aromatic N) is 5. The number of aromatic nitrogens is 3.